The summed E-state index contributed by atoms with van der Waals surface area (Å²) in [7, 11) is 0. The number of halogens is 2. The average Bonchev–Trinajstić information content (AvgIpc) is 3.50. The van der Waals surface area contributed by atoms with Crippen LogP contribution in [0.1, 0.15) is 24.8 Å². The number of thioether (sulfide) groups is 1. The molecule has 138 valence electrons. The van der Waals surface area contributed by atoms with Gasteiger partial charge in [-0.15, -0.1) is 11.8 Å². The van der Waals surface area contributed by atoms with E-state index in [1.807, 2.05) is 18.7 Å². The van der Waals surface area contributed by atoms with Crippen LogP contribution in [0.25, 0.3) is 5.57 Å². The molecular weight excluding hydrogens is 393 g/mol. The number of hydrogen-bond donors (Lipinski definition) is 0. The number of thiazole rings is 1. The molecule has 0 radical (unpaired) electrons. The third-order valence-corrected chi connectivity index (χ3v) is 7.85. The fourth-order valence-corrected chi connectivity index (χ4v) is 5.89. The van der Waals surface area contributed by atoms with Gasteiger partial charge in [0, 0.05) is 28.8 Å². The van der Waals surface area contributed by atoms with Crippen LogP contribution in [0.15, 0.2) is 23.2 Å². The standard InChI is InChI=1S/C18H19ClFN3OS2/c1-3-23(17(24)12-6-14(12)25-13-4-9(13)2)18-15(19)22-16(26-18)10-5-11(20)8-21-7-10/h5,7,11-14H,2-4,6,8H2,1H3/t11?,12?,13?,14-/m0/s1. The van der Waals surface area contributed by atoms with Gasteiger partial charge in [-0.25, -0.2) is 9.37 Å². The SMILES string of the molecule is C=C1CC1S[C@H]1CC1C(=O)N(CC)c1sc(C2=CC(F)CN=C2)nc1Cl. The zero-order chi connectivity index (χ0) is 18.4. The molecule has 4 nitrogen and oxygen atoms in total. The van der Waals surface area contributed by atoms with Crippen LogP contribution < -0.4 is 4.90 Å². The maximum atomic E-state index is 13.6. The molecule has 1 aromatic rings. The summed E-state index contributed by atoms with van der Waals surface area (Å²) >= 11 is 9.50. The van der Waals surface area contributed by atoms with E-state index in [-0.39, 0.29) is 23.5 Å². The van der Waals surface area contributed by atoms with E-state index in [1.54, 1.807) is 11.1 Å². The molecule has 26 heavy (non-hydrogen) atoms. The van der Waals surface area contributed by atoms with E-state index in [9.17, 15) is 9.18 Å². The summed E-state index contributed by atoms with van der Waals surface area (Å²) in [5.41, 5.74) is 1.90. The summed E-state index contributed by atoms with van der Waals surface area (Å²) < 4.78 is 13.6. The van der Waals surface area contributed by atoms with Crippen molar-refractivity contribution in [3.8, 4) is 0 Å². The van der Waals surface area contributed by atoms with Gasteiger partial charge in [0.15, 0.2) is 5.15 Å². The van der Waals surface area contributed by atoms with E-state index < -0.39 is 6.17 Å². The van der Waals surface area contributed by atoms with Gasteiger partial charge in [0.1, 0.15) is 16.2 Å². The highest BCUT2D eigenvalue weighted by Gasteiger charge is 2.49. The number of rotatable bonds is 6. The molecule has 8 heteroatoms. The van der Waals surface area contributed by atoms with E-state index >= 15 is 0 Å². The summed E-state index contributed by atoms with van der Waals surface area (Å²) in [6, 6.07) is 0. The molecule has 0 spiro atoms. The van der Waals surface area contributed by atoms with E-state index in [0.717, 1.165) is 12.8 Å². The van der Waals surface area contributed by atoms with Gasteiger partial charge in [-0.1, -0.05) is 35.1 Å². The molecule has 0 bridgehead atoms. The Labute approximate surface area is 165 Å². The zero-order valence-corrected chi connectivity index (χ0v) is 16.7. The molecule has 1 aliphatic heterocycles. The molecule has 0 aromatic carbocycles. The topological polar surface area (TPSA) is 45.6 Å². The predicted molar refractivity (Wildman–Crippen MR) is 108 cm³/mol. The van der Waals surface area contributed by atoms with Crippen molar-refractivity contribution in [2.75, 3.05) is 18.0 Å². The number of carbonyl (C=O) groups is 1. The molecular formula is C18H19ClFN3OS2. The molecule has 1 aromatic heterocycles. The van der Waals surface area contributed by atoms with Crippen molar-refractivity contribution in [1.29, 1.82) is 0 Å². The van der Waals surface area contributed by atoms with Crippen LogP contribution >= 0.6 is 34.7 Å². The minimum atomic E-state index is -1.11. The van der Waals surface area contributed by atoms with Crippen molar-refractivity contribution in [2.45, 2.75) is 36.4 Å². The molecule has 2 heterocycles. The van der Waals surface area contributed by atoms with Crippen LogP contribution in [-0.4, -0.2) is 46.9 Å². The molecule has 0 N–H and O–H groups in total. The number of allylic oxidation sites excluding steroid dienone is 1. The maximum Gasteiger partial charge on any atom is 0.231 e. The minimum absolute atomic E-state index is 0.0423. The van der Waals surface area contributed by atoms with E-state index in [4.69, 9.17) is 11.6 Å². The van der Waals surface area contributed by atoms with Crippen LogP contribution in [-0.2, 0) is 4.79 Å². The molecule has 1 amide bonds. The monoisotopic (exact) mass is 411 g/mol. The van der Waals surface area contributed by atoms with Gasteiger partial charge >= 0.3 is 0 Å². The Hall–Kier alpha value is -1.18. The normalized spacial score (nSPS) is 29.5. The summed E-state index contributed by atoms with van der Waals surface area (Å²) in [6.07, 6.45) is 4.00. The number of aromatic nitrogens is 1. The number of nitrogens with zero attached hydrogens (tertiary/aromatic N) is 3. The van der Waals surface area contributed by atoms with Gasteiger partial charge in [0.05, 0.1) is 12.5 Å². The summed E-state index contributed by atoms with van der Waals surface area (Å²) in [5, 5.41) is 2.44. The van der Waals surface area contributed by atoms with Gasteiger partial charge in [-0.3, -0.25) is 9.79 Å². The number of hydrogen-bond acceptors (Lipinski definition) is 5. The second kappa shape index (κ2) is 7.09. The minimum Gasteiger partial charge on any atom is -0.301 e. The van der Waals surface area contributed by atoms with Crippen LogP contribution in [0.5, 0.6) is 0 Å². The highest BCUT2D eigenvalue weighted by atomic mass is 35.5. The molecule has 2 saturated carbocycles. The van der Waals surface area contributed by atoms with Crippen molar-refractivity contribution in [3.63, 3.8) is 0 Å². The molecule has 4 atom stereocenters. The number of carbonyl (C=O) groups excluding carboxylic acids is 1. The summed E-state index contributed by atoms with van der Waals surface area (Å²) in [4.78, 5) is 23.0. The van der Waals surface area contributed by atoms with Gasteiger partial charge in [0.2, 0.25) is 5.91 Å². The van der Waals surface area contributed by atoms with Crippen molar-refractivity contribution in [2.24, 2.45) is 10.9 Å². The lowest BCUT2D eigenvalue weighted by Gasteiger charge is -2.19. The Kier molecular flexibility index (Phi) is 4.96. The van der Waals surface area contributed by atoms with E-state index in [1.165, 1.54) is 23.0 Å². The van der Waals surface area contributed by atoms with Gasteiger partial charge < -0.3 is 4.90 Å². The Morgan fingerprint density at radius 2 is 2.35 bits per heavy atom. The maximum absolute atomic E-state index is 13.6. The van der Waals surface area contributed by atoms with E-state index in [2.05, 4.69) is 16.6 Å². The number of alkyl halides is 1. The second-order valence-corrected chi connectivity index (χ2v) is 9.48. The summed E-state index contributed by atoms with van der Waals surface area (Å²) in [6.45, 7) is 6.58. The third-order valence-electron chi connectivity index (χ3n) is 4.65. The lowest BCUT2D eigenvalue weighted by Crippen LogP contribution is -2.32. The summed E-state index contributed by atoms with van der Waals surface area (Å²) in [5.74, 6) is 0.142. The van der Waals surface area contributed by atoms with Crippen LogP contribution in [0.3, 0.4) is 0 Å². The molecule has 0 saturated heterocycles. The van der Waals surface area contributed by atoms with Crippen LogP contribution in [0, 0.1) is 5.92 Å². The fraction of sp³-hybridized carbons (Fsp3) is 0.500. The van der Waals surface area contributed by atoms with E-state index in [0.29, 0.717) is 32.6 Å². The highest BCUT2D eigenvalue weighted by Crippen LogP contribution is 2.52. The molecule has 3 unspecified atom stereocenters. The van der Waals surface area contributed by atoms with Crippen molar-refractivity contribution < 1.29 is 9.18 Å². The quantitative estimate of drug-likeness (QED) is 0.651. The Morgan fingerprint density at radius 1 is 1.58 bits per heavy atom. The van der Waals surface area contributed by atoms with Crippen LogP contribution in [0.2, 0.25) is 5.15 Å². The zero-order valence-electron chi connectivity index (χ0n) is 14.3. The third kappa shape index (κ3) is 3.62. The first-order chi connectivity index (χ1) is 12.5. The first-order valence-electron chi connectivity index (χ1n) is 8.64. The van der Waals surface area contributed by atoms with Gasteiger partial charge in [-0.2, -0.15) is 0 Å². The lowest BCUT2D eigenvalue weighted by atomic mass is 10.2. The van der Waals surface area contributed by atoms with Crippen LogP contribution in [0.4, 0.5) is 9.39 Å². The molecule has 2 fully saturated rings. The number of aliphatic imine (C=N–C) groups is 1. The number of anilines is 1. The van der Waals surface area contributed by atoms with Gasteiger partial charge in [-0.05, 0) is 25.8 Å². The van der Waals surface area contributed by atoms with Gasteiger partial charge in [0.25, 0.3) is 0 Å². The van der Waals surface area contributed by atoms with Crippen molar-refractivity contribution in [3.05, 3.63) is 28.4 Å². The Balaban J connectivity index is 1.49. The molecule has 3 aliphatic rings. The number of dihydropyridines is 1. The second-order valence-electron chi connectivity index (χ2n) is 6.70. The first-order valence-corrected chi connectivity index (χ1v) is 10.8. The average molecular weight is 412 g/mol. The first kappa shape index (κ1) is 18.2. The van der Waals surface area contributed by atoms with Crippen molar-refractivity contribution >= 4 is 57.4 Å². The Morgan fingerprint density at radius 3 is 3.00 bits per heavy atom. The fourth-order valence-electron chi connectivity index (χ4n) is 2.97. The number of amides is 1. The molecule has 4 rings (SSSR count). The molecule has 2 aliphatic carbocycles. The van der Waals surface area contributed by atoms with Crippen molar-refractivity contribution in [1.82, 2.24) is 4.98 Å². The highest BCUT2D eigenvalue weighted by molar-refractivity contribution is 8.01. The Bertz CT molecular complexity index is 821. The largest absolute Gasteiger partial charge is 0.301 e. The lowest BCUT2D eigenvalue weighted by molar-refractivity contribution is -0.119. The smallest absolute Gasteiger partial charge is 0.231 e. The predicted octanol–water partition coefficient (Wildman–Crippen LogP) is 4.41.